The second kappa shape index (κ2) is 7.22. The van der Waals surface area contributed by atoms with Crippen LogP contribution in [0, 0.1) is 0 Å². The third-order valence-electron chi connectivity index (χ3n) is 3.34. The highest BCUT2D eigenvalue weighted by atomic mass is 16.5. The summed E-state index contributed by atoms with van der Waals surface area (Å²) in [6.45, 7) is 1.08. The number of rotatable bonds is 6. The van der Waals surface area contributed by atoms with Crippen molar-refractivity contribution < 1.29 is 14.9 Å². The van der Waals surface area contributed by atoms with Gasteiger partial charge in [0.1, 0.15) is 0 Å². The van der Waals surface area contributed by atoms with E-state index in [-0.39, 0.29) is 12.6 Å². The van der Waals surface area contributed by atoms with Crippen molar-refractivity contribution in [1.29, 1.82) is 0 Å². The highest BCUT2D eigenvalue weighted by molar-refractivity contribution is 4.84. The minimum Gasteiger partial charge on any atom is -0.395 e. The maximum absolute atomic E-state index is 10.4. The number of hydrogen-bond donors (Lipinski definition) is 3. The second-order valence-electron chi connectivity index (χ2n) is 4.85. The van der Waals surface area contributed by atoms with Crippen LogP contribution in [0.5, 0.6) is 0 Å². The number of aliphatic hydroxyl groups is 2. The van der Waals surface area contributed by atoms with Crippen molar-refractivity contribution >= 4 is 0 Å². The lowest BCUT2D eigenvalue weighted by Gasteiger charge is -2.29. The molecule has 3 N–H and O–H groups in total. The Balaban J connectivity index is 2.32. The van der Waals surface area contributed by atoms with Crippen LogP contribution in [-0.2, 0) is 4.74 Å². The lowest BCUT2D eigenvalue weighted by molar-refractivity contribution is 0.0163. The maximum atomic E-state index is 10.4. The molecule has 0 aromatic carbocycles. The highest BCUT2D eigenvalue weighted by Gasteiger charge is 2.28. The normalized spacial score (nSPS) is 22.7. The van der Waals surface area contributed by atoms with E-state index >= 15 is 0 Å². The molecule has 1 unspecified atom stereocenters. The Labute approximate surface area is 98.0 Å². The van der Waals surface area contributed by atoms with Crippen LogP contribution in [0.1, 0.15) is 38.5 Å². The van der Waals surface area contributed by atoms with Gasteiger partial charge in [-0.2, -0.15) is 0 Å². The van der Waals surface area contributed by atoms with Gasteiger partial charge < -0.3 is 20.3 Å². The van der Waals surface area contributed by atoms with Crippen molar-refractivity contribution in [1.82, 2.24) is 5.32 Å². The molecule has 0 bridgehead atoms. The molecule has 96 valence electrons. The summed E-state index contributed by atoms with van der Waals surface area (Å²) in [6.07, 6.45) is 6.39. The summed E-state index contributed by atoms with van der Waals surface area (Å²) in [4.78, 5) is 0. The molecule has 1 fully saturated rings. The first-order chi connectivity index (χ1) is 7.70. The molecule has 0 saturated heterocycles. The summed E-state index contributed by atoms with van der Waals surface area (Å²) >= 11 is 0. The first-order valence-corrected chi connectivity index (χ1v) is 6.26. The molecule has 1 aliphatic rings. The minimum absolute atomic E-state index is 0.0456. The molecule has 0 radical (unpaired) electrons. The number of hydrogen-bond acceptors (Lipinski definition) is 4. The largest absolute Gasteiger partial charge is 0.395 e. The van der Waals surface area contributed by atoms with Gasteiger partial charge in [-0.25, -0.2) is 0 Å². The first kappa shape index (κ1) is 13.9. The molecule has 0 aromatic rings. The Bertz CT molecular complexity index is 179. The van der Waals surface area contributed by atoms with E-state index in [1.165, 1.54) is 12.8 Å². The van der Waals surface area contributed by atoms with E-state index in [1.54, 1.807) is 7.11 Å². The van der Waals surface area contributed by atoms with E-state index in [9.17, 15) is 5.11 Å². The number of aliphatic hydroxyl groups excluding tert-OH is 1. The van der Waals surface area contributed by atoms with Crippen LogP contribution in [0.15, 0.2) is 0 Å². The van der Waals surface area contributed by atoms with E-state index in [4.69, 9.17) is 9.84 Å². The van der Waals surface area contributed by atoms with Crippen molar-refractivity contribution in [2.45, 2.75) is 50.2 Å². The molecule has 0 heterocycles. The number of methoxy groups -OCH3 is 1. The van der Waals surface area contributed by atoms with Gasteiger partial charge in [0.15, 0.2) is 0 Å². The van der Waals surface area contributed by atoms with Crippen molar-refractivity contribution in [2.24, 2.45) is 0 Å². The van der Waals surface area contributed by atoms with Gasteiger partial charge in [0.05, 0.1) is 24.9 Å². The third-order valence-corrected chi connectivity index (χ3v) is 3.34. The molecule has 1 saturated carbocycles. The van der Waals surface area contributed by atoms with E-state index in [1.807, 2.05) is 0 Å². The fourth-order valence-electron chi connectivity index (χ4n) is 2.28. The summed E-state index contributed by atoms with van der Waals surface area (Å²) < 4.78 is 4.99. The fourth-order valence-corrected chi connectivity index (χ4v) is 2.28. The highest BCUT2D eigenvalue weighted by Crippen LogP contribution is 2.26. The van der Waals surface area contributed by atoms with Crippen LogP contribution < -0.4 is 5.32 Å². The SMILES string of the molecule is COCC(CO)NCC1(O)CCCCCC1. The van der Waals surface area contributed by atoms with Crippen molar-refractivity contribution in [3.63, 3.8) is 0 Å². The van der Waals surface area contributed by atoms with Gasteiger partial charge in [0.2, 0.25) is 0 Å². The smallest absolute Gasteiger partial charge is 0.0771 e. The van der Waals surface area contributed by atoms with E-state index in [0.29, 0.717) is 13.2 Å². The summed E-state index contributed by atoms with van der Waals surface area (Å²) in [7, 11) is 1.62. The van der Waals surface area contributed by atoms with Gasteiger partial charge in [-0.15, -0.1) is 0 Å². The molecular weight excluding hydrogens is 206 g/mol. The molecular formula is C12H25NO3. The number of nitrogens with one attached hydrogen (secondary N) is 1. The molecule has 16 heavy (non-hydrogen) atoms. The fraction of sp³-hybridized carbons (Fsp3) is 1.00. The zero-order valence-electron chi connectivity index (χ0n) is 10.2. The van der Waals surface area contributed by atoms with E-state index in [2.05, 4.69) is 5.32 Å². The Morgan fingerprint density at radius 1 is 1.25 bits per heavy atom. The van der Waals surface area contributed by atoms with Gasteiger partial charge >= 0.3 is 0 Å². The summed E-state index contributed by atoms with van der Waals surface area (Å²) in [5.41, 5.74) is -0.586. The van der Waals surface area contributed by atoms with E-state index in [0.717, 1.165) is 25.7 Å². The van der Waals surface area contributed by atoms with Crippen molar-refractivity contribution in [3.8, 4) is 0 Å². The van der Waals surface area contributed by atoms with Crippen LogP contribution in [0.4, 0.5) is 0 Å². The Morgan fingerprint density at radius 3 is 2.38 bits per heavy atom. The monoisotopic (exact) mass is 231 g/mol. The average Bonchev–Trinajstić information content (AvgIpc) is 2.50. The van der Waals surface area contributed by atoms with Crippen molar-refractivity contribution in [3.05, 3.63) is 0 Å². The summed E-state index contributed by atoms with van der Waals surface area (Å²) in [5.74, 6) is 0. The molecule has 0 spiro atoms. The lowest BCUT2D eigenvalue weighted by Crippen LogP contribution is -2.47. The zero-order valence-corrected chi connectivity index (χ0v) is 10.2. The molecule has 1 aliphatic carbocycles. The molecule has 4 nitrogen and oxygen atoms in total. The van der Waals surface area contributed by atoms with Crippen LogP contribution in [0.25, 0.3) is 0 Å². The summed E-state index contributed by atoms with van der Waals surface area (Å²) in [6, 6.07) is -0.0720. The molecule has 4 heteroatoms. The summed E-state index contributed by atoms with van der Waals surface area (Å²) in [5, 5.41) is 22.7. The lowest BCUT2D eigenvalue weighted by atomic mass is 9.94. The standard InChI is InChI=1S/C12H25NO3/c1-16-9-11(8-14)13-10-12(15)6-4-2-3-5-7-12/h11,13-15H,2-10H2,1H3. The van der Waals surface area contributed by atoms with Crippen LogP contribution >= 0.6 is 0 Å². The molecule has 0 amide bonds. The Hall–Kier alpha value is -0.160. The Kier molecular flexibility index (Phi) is 6.28. The van der Waals surface area contributed by atoms with Gasteiger partial charge in [0.25, 0.3) is 0 Å². The predicted molar refractivity (Wildman–Crippen MR) is 63.4 cm³/mol. The van der Waals surface area contributed by atoms with Gasteiger partial charge in [-0.1, -0.05) is 25.7 Å². The average molecular weight is 231 g/mol. The second-order valence-corrected chi connectivity index (χ2v) is 4.85. The van der Waals surface area contributed by atoms with Gasteiger partial charge in [-0.05, 0) is 12.8 Å². The quantitative estimate of drug-likeness (QED) is 0.588. The third kappa shape index (κ3) is 4.78. The Morgan fingerprint density at radius 2 is 1.88 bits per heavy atom. The molecule has 1 rings (SSSR count). The first-order valence-electron chi connectivity index (χ1n) is 6.26. The van der Waals surface area contributed by atoms with E-state index < -0.39 is 5.60 Å². The van der Waals surface area contributed by atoms with Crippen LogP contribution in [0.2, 0.25) is 0 Å². The van der Waals surface area contributed by atoms with Crippen LogP contribution in [-0.4, -0.2) is 48.7 Å². The van der Waals surface area contributed by atoms with Crippen molar-refractivity contribution in [2.75, 3.05) is 26.9 Å². The van der Waals surface area contributed by atoms with Gasteiger partial charge in [0, 0.05) is 13.7 Å². The molecule has 0 aliphatic heterocycles. The topological polar surface area (TPSA) is 61.7 Å². The molecule has 0 aromatic heterocycles. The zero-order chi connectivity index (χ0) is 11.9. The van der Waals surface area contributed by atoms with Crippen LogP contribution in [0.3, 0.4) is 0 Å². The number of ether oxygens (including phenoxy) is 1. The predicted octanol–water partition coefficient (Wildman–Crippen LogP) is 0.669. The van der Waals surface area contributed by atoms with Gasteiger partial charge in [-0.3, -0.25) is 0 Å². The molecule has 1 atom stereocenters. The maximum Gasteiger partial charge on any atom is 0.0771 e. The minimum atomic E-state index is -0.586.